The van der Waals surface area contributed by atoms with Gasteiger partial charge in [0.15, 0.2) is 5.03 Å². The van der Waals surface area contributed by atoms with Crippen molar-refractivity contribution in [2.45, 2.75) is 40.8 Å². The summed E-state index contributed by atoms with van der Waals surface area (Å²) in [6, 6.07) is 9.54. The number of thioether (sulfide) groups is 1. The van der Waals surface area contributed by atoms with Crippen LogP contribution < -0.4 is 5.32 Å². The van der Waals surface area contributed by atoms with E-state index in [1.807, 2.05) is 6.92 Å². The van der Waals surface area contributed by atoms with Crippen LogP contribution in [0, 0.1) is 6.92 Å². The van der Waals surface area contributed by atoms with Crippen molar-refractivity contribution in [2.75, 3.05) is 18.9 Å². The molecule has 7 nitrogen and oxygen atoms in total. The maximum Gasteiger partial charge on any atom is 0.230 e. The first-order valence-corrected chi connectivity index (χ1v) is 11.1. The van der Waals surface area contributed by atoms with Gasteiger partial charge in [-0.05, 0) is 44.0 Å². The summed E-state index contributed by atoms with van der Waals surface area (Å²) < 4.78 is 30.5. The lowest BCUT2D eigenvalue weighted by Crippen LogP contribution is -2.32. The largest absolute Gasteiger partial charge is 0.376 e. The molecule has 0 spiro atoms. The summed E-state index contributed by atoms with van der Waals surface area (Å²) in [6.07, 6.45) is 2.10. The number of aryl methyl sites for hydroxylation is 1. The van der Waals surface area contributed by atoms with E-state index in [-0.39, 0.29) is 27.7 Å². The highest BCUT2D eigenvalue weighted by Gasteiger charge is 2.20. The number of sulfone groups is 1. The standard InChI is InChI=1S/C18H21N3O4S2/c1-13-4-6-15(7-5-13)27(23,24)18-9-8-17(20-21-18)26-12-16(22)19-11-14-3-2-10-25-14/h4-9,14H,2-3,10-12H2,1H3,(H,19,22). The second-order valence-corrected chi connectivity index (χ2v) is 9.15. The SMILES string of the molecule is Cc1ccc(S(=O)(=O)c2ccc(SCC(=O)NCC3CCCO3)nn2)cc1. The number of benzene rings is 1. The molecule has 0 saturated carbocycles. The quantitative estimate of drug-likeness (QED) is 0.701. The minimum absolute atomic E-state index is 0.102. The van der Waals surface area contributed by atoms with E-state index in [4.69, 9.17) is 4.74 Å². The number of carbonyl (C=O) groups excluding carboxylic acids is 1. The van der Waals surface area contributed by atoms with Crippen LogP contribution in [0.3, 0.4) is 0 Å². The van der Waals surface area contributed by atoms with Gasteiger partial charge in [0.25, 0.3) is 0 Å². The highest BCUT2D eigenvalue weighted by molar-refractivity contribution is 7.99. The summed E-state index contributed by atoms with van der Waals surface area (Å²) in [6.45, 7) is 3.15. The molecule has 2 aromatic rings. The molecule has 1 aromatic heterocycles. The monoisotopic (exact) mass is 407 g/mol. The van der Waals surface area contributed by atoms with Crippen molar-refractivity contribution in [3.63, 3.8) is 0 Å². The number of aromatic nitrogens is 2. The van der Waals surface area contributed by atoms with Crippen LogP contribution in [0.4, 0.5) is 0 Å². The number of amides is 1. The highest BCUT2D eigenvalue weighted by Crippen LogP contribution is 2.21. The molecule has 144 valence electrons. The van der Waals surface area contributed by atoms with Gasteiger partial charge in [-0.1, -0.05) is 29.5 Å². The maximum absolute atomic E-state index is 12.5. The van der Waals surface area contributed by atoms with Crippen LogP contribution >= 0.6 is 11.8 Å². The number of rotatable bonds is 7. The molecule has 1 aliphatic rings. The van der Waals surface area contributed by atoms with Crippen molar-refractivity contribution >= 4 is 27.5 Å². The Morgan fingerprint density at radius 2 is 2.00 bits per heavy atom. The van der Waals surface area contributed by atoms with Gasteiger partial charge in [-0.2, -0.15) is 0 Å². The first-order valence-electron chi connectivity index (χ1n) is 8.62. The molecule has 1 aromatic carbocycles. The van der Waals surface area contributed by atoms with E-state index in [0.717, 1.165) is 25.0 Å². The zero-order valence-corrected chi connectivity index (χ0v) is 16.6. The predicted octanol–water partition coefficient (Wildman–Crippen LogP) is 2.01. The van der Waals surface area contributed by atoms with E-state index < -0.39 is 9.84 Å². The molecule has 1 amide bonds. The van der Waals surface area contributed by atoms with Crippen molar-refractivity contribution in [1.29, 1.82) is 0 Å². The summed E-state index contributed by atoms with van der Waals surface area (Å²) in [5.74, 6) is 0.0690. The first-order chi connectivity index (χ1) is 12.9. The molecular formula is C18H21N3O4S2. The fraction of sp³-hybridized carbons (Fsp3) is 0.389. The highest BCUT2D eigenvalue weighted by atomic mass is 32.2. The second-order valence-electron chi connectivity index (χ2n) is 6.25. The molecule has 0 aliphatic carbocycles. The van der Waals surface area contributed by atoms with Gasteiger partial charge in [-0.3, -0.25) is 4.79 Å². The van der Waals surface area contributed by atoms with Gasteiger partial charge in [-0.25, -0.2) is 8.42 Å². The summed E-state index contributed by atoms with van der Waals surface area (Å²) in [5.41, 5.74) is 0.976. The number of ether oxygens (including phenoxy) is 1. The average Bonchev–Trinajstić information content (AvgIpc) is 3.19. The van der Waals surface area contributed by atoms with Gasteiger partial charge in [0, 0.05) is 13.2 Å². The molecule has 1 saturated heterocycles. The summed E-state index contributed by atoms with van der Waals surface area (Å²) >= 11 is 1.21. The molecule has 1 atom stereocenters. The number of nitrogens with one attached hydrogen (secondary N) is 1. The van der Waals surface area contributed by atoms with Gasteiger partial charge in [-0.15, -0.1) is 10.2 Å². The molecule has 9 heteroatoms. The smallest absolute Gasteiger partial charge is 0.230 e. The van der Waals surface area contributed by atoms with E-state index in [2.05, 4.69) is 15.5 Å². The van der Waals surface area contributed by atoms with Crippen LogP contribution in [0.5, 0.6) is 0 Å². The molecule has 3 rings (SSSR count). The van der Waals surface area contributed by atoms with E-state index in [0.29, 0.717) is 11.6 Å². The summed E-state index contributed by atoms with van der Waals surface area (Å²) in [5, 5.41) is 11.0. The number of hydrogen-bond donors (Lipinski definition) is 1. The van der Waals surface area contributed by atoms with Crippen molar-refractivity contribution in [3.05, 3.63) is 42.0 Å². The Kier molecular flexibility index (Phi) is 6.46. The van der Waals surface area contributed by atoms with E-state index in [1.165, 1.54) is 17.8 Å². The third-order valence-corrected chi connectivity index (χ3v) is 6.71. The molecule has 0 radical (unpaired) electrons. The molecule has 1 aliphatic heterocycles. The Bertz CT molecular complexity index is 878. The molecular weight excluding hydrogens is 386 g/mol. The van der Waals surface area contributed by atoms with Crippen LogP contribution in [-0.2, 0) is 19.4 Å². The van der Waals surface area contributed by atoms with Gasteiger partial charge in [0.05, 0.1) is 16.8 Å². The van der Waals surface area contributed by atoms with Gasteiger partial charge in [0.1, 0.15) is 5.03 Å². The van der Waals surface area contributed by atoms with Crippen LogP contribution in [0.25, 0.3) is 0 Å². The molecule has 27 heavy (non-hydrogen) atoms. The maximum atomic E-state index is 12.5. The number of carbonyl (C=O) groups is 1. The van der Waals surface area contributed by atoms with Gasteiger partial charge < -0.3 is 10.1 Å². The van der Waals surface area contributed by atoms with Crippen molar-refractivity contribution < 1.29 is 17.9 Å². The van der Waals surface area contributed by atoms with E-state index in [1.54, 1.807) is 30.3 Å². The van der Waals surface area contributed by atoms with Crippen LogP contribution in [0.2, 0.25) is 0 Å². The van der Waals surface area contributed by atoms with Crippen LogP contribution in [-0.4, -0.2) is 49.5 Å². The Balaban J connectivity index is 1.55. The first kappa shape index (κ1) is 19.8. The van der Waals surface area contributed by atoms with Crippen molar-refractivity contribution in [1.82, 2.24) is 15.5 Å². The Morgan fingerprint density at radius 3 is 2.63 bits per heavy atom. The van der Waals surface area contributed by atoms with E-state index >= 15 is 0 Å². The topological polar surface area (TPSA) is 98.2 Å². The Hall–Kier alpha value is -1.97. The minimum Gasteiger partial charge on any atom is -0.376 e. The Morgan fingerprint density at radius 1 is 1.22 bits per heavy atom. The number of nitrogens with zero attached hydrogens (tertiary/aromatic N) is 2. The zero-order chi connectivity index (χ0) is 19.3. The van der Waals surface area contributed by atoms with Crippen LogP contribution in [0.1, 0.15) is 18.4 Å². The predicted molar refractivity (Wildman–Crippen MR) is 101 cm³/mol. The fourth-order valence-electron chi connectivity index (χ4n) is 2.59. The van der Waals surface area contributed by atoms with E-state index in [9.17, 15) is 13.2 Å². The van der Waals surface area contributed by atoms with Crippen molar-refractivity contribution in [3.8, 4) is 0 Å². The molecule has 0 bridgehead atoms. The van der Waals surface area contributed by atoms with Crippen molar-refractivity contribution in [2.24, 2.45) is 0 Å². The fourth-order valence-corrected chi connectivity index (χ4v) is 4.37. The molecule has 1 fully saturated rings. The second kappa shape index (κ2) is 8.81. The number of hydrogen-bond acceptors (Lipinski definition) is 7. The third kappa shape index (κ3) is 5.27. The lowest BCUT2D eigenvalue weighted by molar-refractivity contribution is -0.119. The van der Waals surface area contributed by atoms with Crippen LogP contribution in [0.15, 0.2) is 51.3 Å². The molecule has 2 heterocycles. The normalized spacial score (nSPS) is 17.0. The minimum atomic E-state index is -3.70. The average molecular weight is 408 g/mol. The van der Waals surface area contributed by atoms with Gasteiger partial charge in [0.2, 0.25) is 15.7 Å². The molecule has 1 N–H and O–H groups in total. The molecule has 1 unspecified atom stereocenters. The lowest BCUT2D eigenvalue weighted by Gasteiger charge is -2.10. The third-order valence-electron chi connectivity index (χ3n) is 4.12. The summed E-state index contributed by atoms with van der Waals surface area (Å²) in [7, 11) is -3.70. The zero-order valence-electron chi connectivity index (χ0n) is 14.9. The van der Waals surface area contributed by atoms with Gasteiger partial charge >= 0.3 is 0 Å². The Labute approximate surface area is 162 Å². The lowest BCUT2D eigenvalue weighted by atomic mass is 10.2. The summed E-state index contributed by atoms with van der Waals surface area (Å²) in [4.78, 5) is 12.1.